The second-order valence-electron chi connectivity index (χ2n) is 3.00. The van der Waals surface area contributed by atoms with Gasteiger partial charge >= 0.3 is 107 Å². The smallest absolute Gasteiger partial charge is 0 e. The van der Waals surface area contributed by atoms with Crippen LogP contribution in [-0.2, 0) is 17.1 Å². The quantitative estimate of drug-likeness (QED) is 0.372. The van der Waals surface area contributed by atoms with Crippen LogP contribution in [0.3, 0.4) is 0 Å². The molecule has 0 nitrogen and oxygen atoms in total. The van der Waals surface area contributed by atoms with Crippen molar-refractivity contribution in [2.75, 3.05) is 0 Å². The van der Waals surface area contributed by atoms with Crippen molar-refractivity contribution in [3.8, 4) is 0 Å². The third-order valence-corrected chi connectivity index (χ3v) is 0. The van der Waals surface area contributed by atoms with E-state index in [-0.39, 0.29) is 54.8 Å². The van der Waals surface area contributed by atoms with Gasteiger partial charge in [0, 0.05) is 17.1 Å². The molecule has 0 aromatic heterocycles. The first-order chi connectivity index (χ1) is 3.46. The summed E-state index contributed by atoms with van der Waals surface area (Å²) in [5.41, 5.74) is 0. The van der Waals surface area contributed by atoms with Gasteiger partial charge in [0.25, 0.3) is 0 Å². The molecule has 61 valence electrons. The van der Waals surface area contributed by atoms with E-state index in [1.807, 2.05) is 0 Å². The molecule has 0 aliphatic carbocycles. The van der Waals surface area contributed by atoms with Crippen LogP contribution < -0.4 is 37.7 Å². The van der Waals surface area contributed by atoms with E-state index in [4.69, 9.17) is 0 Å². The summed E-state index contributed by atoms with van der Waals surface area (Å²) in [7, 11) is 0. The number of hydrogen-bond donors (Lipinski definition) is 0. The average molecular weight is 405 g/mol. The molecule has 0 amide bonds. The zero-order valence-electron chi connectivity index (χ0n) is 9.30. The predicted molar refractivity (Wildman–Crippen MR) is 46.7 cm³/mol. The van der Waals surface area contributed by atoms with Crippen molar-refractivity contribution in [3.63, 3.8) is 0 Å². The molecule has 0 aliphatic heterocycles. The van der Waals surface area contributed by atoms with Gasteiger partial charge in [-0.05, 0) is 0 Å². The Morgan fingerprint density at radius 2 is 0.545 bits per heavy atom. The van der Waals surface area contributed by atoms with Crippen molar-refractivity contribution in [2.45, 2.75) is 29.6 Å². The molecule has 11 heavy (non-hydrogen) atoms. The van der Waals surface area contributed by atoms with Gasteiger partial charge in [0.15, 0.2) is 0 Å². The summed E-state index contributed by atoms with van der Waals surface area (Å²) in [5, 5.41) is 0. The SMILES string of the molecule is [CH3][Sn]([CH3])[CH3].[CH3][Sn]([CH3])[CH3].[Cu].[Li+].[Li+]. The number of hydrogen-bond acceptors (Lipinski definition) is 0. The molecule has 0 heterocycles. The molecule has 0 bridgehead atoms. The topological polar surface area (TPSA) is 0 Å². The van der Waals surface area contributed by atoms with Gasteiger partial charge < -0.3 is 0 Å². The first kappa shape index (κ1) is 29.2. The molecule has 0 rings (SSSR count). The standard InChI is InChI=1S/6CH3.Cu.2Li.2Sn/h6*1H3;;;;;/q;;;;;;;2*+1;;. The minimum Gasteiger partial charge on any atom is 0 e. The Morgan fingerprint density at radius 3 is 0.545 bits per heavy atom. The largest absolute Gasteiger partial charge is 1.00 e. The van der Waals surface area contributed by atoms with E-state index in [0.717, 1.165) is 0 Å². The predicted octanol–water partition coefficient (Wildman–Crippen LogP) is -3.25. The summed E-state index contributed by atoms with van der Waals surface area (Å²) in [5.74, 6) is 0. The Kier molecular flexibility index (Phi) is 61.9. The van der Waals surface area contributed by atoms with Crippen LogP contribution in [0.1, 0.15) is 0 Å². The Hall–Kier alpha value is 3.31. The fourth-order valence-corrected chi connectivity index (χ4v) is 0. The van der Waals surface area contributed by atoms with Crippen molar-refractivity contribution >= 4 is 39.5 Å². The minimum absolute atomic E-state index is 0. The Balaban J connectivity index is -0.0000000171. The summed E-state index contributed by atoms with van der Waals surface area (Å²) in [6.07, 6.45) is 0. The van der Waals surface area contributed by atoms with Crippen molar-refractivity contribution in [1.82, 2.24) is 0 Å². The molecule has 0 saturated heterocycles. The summed E-state index contributed by atoms with van der Waals surface area (Å²) in [6, 6.07) is 0. The van der Waals surface area contributed by atoms with Gasteiger partial charge in [-0.1, -0.05) is 0 Å². The van der Waals surface area contributed by atoms with E-state index in [2.05, 4.69) is 29.6 Å². The van der Waals surface area contributed by atoms with Crippen LogP contribution in [0.25, 0.3) is 0 Å². The molecule has 5 heteroatoms. The molecular weight excluding hydrogens is 387 g/mol. The molecule has 0 atom stereocenters. The molecule has 0 N–H and O–H groups in total. The first-order valence-corrected chi connectivity index (χ1v) is 20.1. The van der Waals surface area contributed by atoms with Crippen LogP contribution in [0.4, 0.5) is 0 Å². The van der Waals surface area contributed by atoms with Crippen LogP contribution in [0.2, 0.25) is 29.6 Å². The monoisotopic (exact) mass is 407 g/mol. The normalized spacial score (nSPS) is 6.55. The second kappa shape index (κ2) is 23.3. The Labute approximate surface area is 122 Å². The summed E-state index contributed by atoms with van der Waals surface area (Å²) >= 11 is -1.09. The zero-order valence-corrected chi connectivity index (χ0v) is 16.0. The maximum absolute atomic E-state index is 2.36. The van der Waals surface area contributed by atoms with E-state index in [1.54, 1.807) is 0 Å². The van der Waals surface area contributed by atoms with Gasteiger partial charge in [-0.25, -0.2) is 0 Å². The minimum atomic E-state index is -0.543. The Morgan fingerprint density at radius 1 is 0.545 bits per heavy atom. The van der Waals surface area contributed by atoms with Gasteiger partial charge in [-0.3, -0.25) is 0 Å². The Bertz CT molecular complexity index is 34.1. The van der Waals surface area contributed by atoms with Crippen LogP contribution >= 0.6 is 0 Å². The van der Waals surface area contributed by atoms with Crippen LogP contribution in [0.5, 0.6) is 0 Å². The van der Waals surface area contributed by atoms with Gasteiger partial charge in [-0.2, -0.15) is 0 Å². The summed E-state index contributed by atoms with van der Waals surface area (Å²) in [6.45, 7) is 0. The maximum atomic E-state index is 2.36. The second-order valence-corrected chi connectivity index (χ2v) is 20.1. The van der Waals surface area contributed by atoms with Crippen molar-refractivity contribution in [3.05, 3.63) is 0 Å². The molecule has 0 aromatic rings. The van der Waals surface area contributed by atoms with Gasteiger partial charge in [0.2, 0.25) is 0 Å². The maximum Gasteiger partial charge on any atom is 1.00 e. The van der Waals surface area contributed by atoms with Gasteiger partial charge in [0.1, 0.15) is 0 Å². The fraction of sp³-hybridized carbons (Fsp3) is 1.00. The zero-order chi connectivity index (χ0) is 7.15. The summed E-state index contributed by atoms with van der Waals surface area (Å²) in [4.78, 5) is 14.2. The van der Waals surface area contributed by atoms with E-state index < -0.39 is 39.5 Å². The van der Waals surface area contributed by atoms with Crippen LogP contribution in [0.15, 0.2) is 0 Å². The van der Waals surface area contributed by atoms with Gasteiger partial charge in [0.05, 0.1) is 0 Å². The molecule has 3 radical (unpaired) electrons. The molecule has 0 fully saturated rings. The molecular formula is C6H18CuLi2Sn2+2. The van der Waals surface area contributed by atoms with Crippen molar-refractivity contribution in [2.24, 2.45) is 0 Å². The first-order valence-electron chi connectivity index (χ1n) is 3.00. The molecule has 0 aromatic carbocycles. The molecule has 0 saturated carbocycles. The molecule has 0 unspecified atom stereocenters. The van der Waals surface area contributed by atoms with Crippen LogP contribution in [-0.4, -0.2) is 39.5 Å². The van der Waals surface area contributed by atoms with Crippen molar-refractivity contribution in [1.29, 1.82) is 0 Å². The van der Waals surface area contributed by atoms with Gasteiger partial charge in [-0.15, -0.1) is 0 Å². The summed E-state index contributed by atoms with van der Waals surface area (Å²) < 4.78 is 0. The molecule has 0 spiro atoms. The average Bonchev–Trinajstić information content (AvgIpc) is 1.25. The third kappa shape index (κ3) is 155. The fourth-order valence-electron chi connectivity index (χ4n) is 0. The van der Waals surface area contributed by atoms with E-state index >= 15 is 0 Å². The molecule has 0 aliphatic rings. The third-order valence-electron chi connectivity index (χ3n) is 0. The van der Waals surface area contributed by atoms with E-state index in [1.165, 1.54) is 0 Å². The van der Waals surface area contributed by atoms with E-state index in [9.17, 15) is 0 Å². The van der Waals surface area contributed by atoms with Crippen LogP contribution in [0, 0.1) is 0 Å². The van der Waals surface area contributed by atoms with E-state index in [0.29, 0.717) is 0 Å². The van der Waals surface area contributed by atoms with Crippen molar-refractivity contribution < 1.29 is 54.8 Å². The number of rotatable bonds is 0.